The number of carbonyl (C=O) groups excluding carboxylic acids is 2. The SMILES string of the molecule is CSc1ccccc1C(=O)Nc1nn(C)c2c1[C@@H](c1ccco1)CC(=O)N2. The normalized spacial score (nSPS) is 15.9. The molecule has 1 atom stereocenters. The minimum atomic E-state index is -0.302. The summed E-state index contributed by atoms with van der Waals surface area (Å²) in [6.07, 6.45) is 3.73. The topological polar surface area (TPSA) is 89.2 Å². The summed E-state index contributed by atoms with van der Waals surface area (Å²) in [7, 11) is 1.73. The van der Waals surface area contributed by atoms with E-state index in [2.05, 4.69) is 15.7 Å². The number of hydrogen-bond acceptors (Lipinski definition) is 5. The van der Waals surface area contributed by atoms with Crippen LogP contribution >= 0.6 is 11.8 Å². The van der Waals surface area contributed by atoms with Crippen LogP contribution in [0.15, 0.2) is 52.0 Å². The van der Waals surface area contributed by atoms with Gasteiger partial charge in [0.1, 0.15) is 11.6 Å². The van der Waals surface area contributed by atoms with Crippen LogP contribution in [-0.4, -0.2) is 27.9 Å². The van der Waals surface area contributed by atoms with Crippen LogP contribution < -0.4 is 10.6 Å². The highest BCUT2D eigenvalue weighted by atomic mass is 32.2. The standard InChI is InChI=1S/C19H18N4O3S/c1-23-18-16(12(10-15(24)20-18)13-7-5-9-26-13)17(22-23)21-19(25)11-6-3-4-8-14(11)27-2/h3-9,12H,10H2,1-2H3,(H,20,24)(H,21,22,25)/t12-/m1/s1. The maximum absolute atomic E-state index is 12.9. The molecule has 27 heavy (non-hydrogen) atoms. The lowest BCUT2D eigenvalue weighted by Crippen LogP contribution is -2.25. The highest BCUT2D eigenvalue weighted by Crippen LogP contribution is 2.41. The van der Waals surface area contributed by atoms with Crippen LogP contribution in [0.2, 0.25) is 0 Å². The third-order valence-corrected chi connectivity index (χ3v) is 5.35. The van der Waals surface area contributed by atoms with Crippen molar-refractivity contribution in [1.29, 1.82) is 0 Å². The van der Waals surface area contributed by atoms with Gasteiger partial charge in [0.2, 0.25) is 5.91 Å². The van der Waals surface area contributed by atoms with E-state index >= 15 is 0 Å². The molecule has 1 aromatic carbocycles. The number of benzene rings is 1. The van der Waals surface area contributed by atoms with Crippen LogP contribution in [0.5, 0.6) is 0 Å². The summed E-state index contributed by atoms with van der Waals surface area (Å²) < 4.78 is 7.10. The number of anilines is 2. The van der Waals surface area contributed by atoms with Crippen LogP contribution in [-0.2, 0) is 11.8 Å². The van der Waals surface area contributed by atoms with Gasteiger partial charge in [-0.3, -0.25) is 14.3 Å². The Kier molecular flexibility index (Phi) is 4.49. The third-order valence-electron chi connectivity index (χ3n) is 4.55. The molecule has 0 bridgehead atoms. The van der Waals surface area contributed by atoms with E-state index in [9.17, 15) is 9.59 Å². The minimum Gasteiger partial charge on any atom is -0.469 e. The number of thioether (sulfide) groups is 1. The molecule has 0 saturated carbocycles. The Labute approximate surface area is 160 Å². The van der Waals surface area contributed by atoms with E-state index in [1.54, 1.807) is 30.1 Å². The van der Waals surface area contributed by atoms with E-state index in [0.717, 1.165) is 10.5 Å². The highest BCUT2D eigenvalue weighted by Gasteiger charge is 2.35. The lowest BCUT2D eigenvalue weighted by Gasteiger charge is -2.22. The number of furan rings is 1. The van der Waals surface area contributed by atoms with Crippen LogP contribution in [0.25, 0.3) is 0 Å². The highest BCUT2D eigenvalue weighted by molar-refractivity contribution is 7.98. The Bertz CT molecular complexity index is 1010. The van der Waals surface area contributed by atoms with Gasteiger partial charge in [-0.2, -0.15) is 5.10 Å². The average Bonchev–Trinajstić information content (AvgIpc) is 3.30. The van der Waals surface area contributed by atoms with Gasteiger partial charge in [-0.05, 0) is 30.5 Å². The second kappa shape index (κ2) is 6.96. The quantitative estimate of drug-likeness (QED) is 0.675. The molecule has 0 saturated heterocycles. The predicted molar refractivity (Wildman–Crippen MR) is 103 cm³/mol. The zero-order valence-corrected chi connectivity index (χ0v) is 15.7. The van der Waals surface area contributed by atoms with Crippen molar-refractivity contribution < 1.29 is 14.0 Å². The Morgan fingerprint density at radius 2 is 2.15 bits per heavy atom. The molecule has 2 aromatic heterocycles. The first kappa shape index (κ1) is 17.4. The van der Waals surface area contributed by atoms with Crippen molar-refractivity contribution in [2.45, 2.75) is 17.2 Å². The van der Waals surface area contributed by atoms with Gasteiger partial charge >= 0.3 is 0 Å². The summed E-state index contributed by atoms with van der Waals surface area (Å²) in [6.45, 7) is 0. The van der Waals surface area contributed by atoms with Gasteiger partial charge in [-0.1, -0.05) is 12.1 Å². The van der Waals surface area contributed by atoms with Crippen molar-refractivity contribution >= 4 is 35.2 Å². The van der Waals surface area contributed by atoms with Gasteiger partial charge < -0.3 is 15.1 Å². The van der Waals surface area contributed by atoms with E-state index in [4.69, 9.17) is 4.42 Å². The van der Waals surface area contributed by atoms with Crippen LogP contribution in [0.3, 0.4) is 0 Å². The monoisotopic (exact) mass is 382 g/mol. The first-order valence-electron chi connectivity index (χ1n) is 8.43. The van der Waals surface area contributed by atoms with Crippen molar-refractivity contribution in [3.8, 4) is 0 Å². The number of aryl methyl sites for hydroxylation is 1. The summed E-state index contributed by atoms with van der Waals surface area (Å²) in [5, 5.41) is 10.2. The molecule has 0 aliphatic carbocycles. The van der Waals surface area contributed by atoms with Gasteiger partial charge in [0.15, 0.2) is 5.82 Å². The molecule has 0 spiro atoms. The molecular formula is C19H18N4O3S. The molecule has 7 nitrogen and oxygen atoms in total. The third kappa shape index (κ3) is 3.12. The van der Waals surface area contributed by atoms with E-state index in [1.807, 2.05) is 30.5 Å². The van der Waals surface area contributed by atoms with Crippen LogP contribution in [0, 0.1) is 0 Å². The molecule has 0 radical (unpaired) electrons. The van der Waals surface area contributed by atoms with Crippen LogP contribution in [0.4, 0.5) is 11.6 Å². The summed E-state index contributed by atoms with van der Waals surface area (Å²) >= 11 is 1.51. The first-order valence-corrected chi connectivity index (χ1v) is 9.65. The van der Waals surface area contributed by atoms with Gasteiger partial charge in [-0.25, -0.2) is 0 Å². The zero-order valence-electron chi connectivity index (χ0n) is 14.9. The summed E-state index contributed by atoms with van der Waals surface area (Å²) in [5.41, 5.74) is 1.33. The molecule has 2 amide bonds. The van der Waals surface area contributed by atoms with Crippen molar-refractivity contribution in [1.82, 2.24) is 9.78 Å². The van der Waals surface area contributed by atoms with Gasteiger partial charge in [0.25, 0.3) is 5.91 Å². The van der Waals surface area contributed by atoms with Gasteiger partial charge in [0, 0.05) is 18.4 Å². The molecule has 138 valence electrons. The van der Waals surface area contributed by atoms with Gasteiger partial charge in [0.05, 0.1) is 23.3 Å². The Balaban J connectivity index is 1.74. The van der Waals surface area contributed by atoms with Crippen molar-refractivity contribution in [3.63, 3.8) is 0 Å². The van der Waals surface area contributed by atoms with Crippen molar-refractivity contribution in [3.05, 3.63) is 59.5 Å². The van der Waals surface area contributed by atoms with Crippen molar-refractivity contribution in [2.75, 3.05) is 16.9 Å². The lowest BCUT2D eigenvalue weighted by atomic mass is 9.91. The number of amides is 2. The largest absolute Gasteiger partial charge is 0.469 e. The second-order valence-corrected chi connectivity index (χ2v) is 7.06. The Morgan fingerprint density at radius 3 is 2.89 bits per heavy atom. The maximum Gasteiger partial charge on any atom is 0.258 e. The molecule has 1 aliphatic heterocycles. The number of fused-ring (bicyclic) bond motifs is 1. The summed E-state index contributed by atoms with van der Waals surface area (Å²) in [6, 6.07) is 11.0. The number of nitrogens with one attached hydrogen (secondary N) is 2. The number of rotatable bonds is 4. The molecule has 3 aromatic rings. The summed E-state index contributed by atoms with van der Waals surface area (Å²) in [5.74, 6) is 1.01. The smallest absolute Gasteiger partial charge is 0.258 e. The lowest BCUT2D eigenvalue weighted by molar-refractivity contribution is -0.116. The van der Waals surface area contributed by atoms with Crippen LogP contribution in [0.1, 0.15) is 34.0 Å². The minimum absolute atomic E-state index is 0.113. The number of nitrogens with zero attached hydrogens (tertiary/aromatic N) is 2. The number of carbonyl (C=O) groups is 2. The fourth-order valence-electron chi connectivity index (χ4n) is 3.32. The molecule has 1 aliphatic rings. The predicted octanol–water partition coefficient (Wildman–Crippen LogP) is 3.46. The molecule has 2 N–H and O–H groups in total. The number of aromatic nitrogens is 2. The summed E-state index contributed by atoms with van der Waals surface area (Å²) in [4.78, 5) is 25.9. The van der Waals surface area contributed by atoms with E-state index in [1.165, 1.54) is 11.8 Å². The molecular weight excluding hydrogens is 364 g/mol. The number of hydrogen-bond donors (Lipinski definition) is 2. The first-order chi connectivity index (χ1) is 13.1. The van der Waals surface area contributed by atoms with E-state index in [-0.39, 0.29) is 24.2 Å². The average molecular weight is 382 g/mol. The Morgan fingerprint density at radius 1 is 1.33 bits per heavy atom. The van der Waals surface area contributed by atoms with Gasteiger partial charge in [-0.15, -0.1) is 11.8 Å². The molecule has 0 unspecified atom stereocenters. The Hall–Kier alpha value is -3.00. The maximum atomic E-state index is 12.9. The molecule has 4 rings (SSSR count). The fourth-order valence-corrected chi connectivity index (χ4v) is 3.92. The zero-order chi connectivity index (χ0) is 19.0. The van der Waals surface area contributed by atoms with E-state index < -0.39 is 0 Å². The second-order valence-electron chi connectivity index (χ2n) is 6.21. The molecule has 0 fully saturated rings. The molecule has 8 heteroatoms. The molecule has 3 heterocycles. The fraction of sp³-hybridized carbons (Fsp3) is 0.211. The van der Waals surface area contributed by atoms with Crippen molar-refractivity contribution in [2.24, 2.45) is 7.05 Å². The van der Waals surface area contributed by atoms with E-state index in [0.29, 0.717) is 23.0 Å².